The summed E-state index contributed by atoms with van der Waals surface area (Å²) in [6.07, 6.45) is 4.25. The van der Waals surface area contributed by atoms with Gasteiger partial charge in [0.25, 0.3) is 5.91 Å². The number of methoxy groups -OCH3 is 1. The van der Waals surface area contributed by atoms with E-state index in [0.29, 0.717) is 41.7 Å². The van der Waals surface area contributed by atoms with E-state index in [0.717, 1.165) is 13.0 Å². The van der Waals surface area contributed by atoms with Gasteiger partial charge in [-0.2, -0.15) is 4.98 Å². The van der Waals surface area contributed by atoms with Crippen LogP contribution in [0, 0.1) is 4.64 Å². The number of nitrogens with one attached hydrogen (secondary N) is 1. The van der Waals surface area contributed by atoms with Gasteiger partial charge in [0.2, 0.25) is 11.8 Å². The molecule has 126 valence electrons. The smallest absolute Gasteiger partial charge is 0.256 e. The molecule has 8 heteroatoms. The van der Waals surface area contributed by atoms with Crippen LogP contribution in [0.5, 0.6) is 5.88 Å². The highest BCUT2D eigenvalue weighted by Gasteiger charge is 2.22. The van der Waals surface area contributed by atoms with E-state index in [1.807, 2.05) is 4.90 Å². The quantitative estimate of drug-likeness (QED) is 0.857. The van der Waals surface area contributed by atoms with Crippen molar-refractivity contribution in [3.8, 4) is 5.88 Å². The standard InChI is InChI=1S/C16H19N5O2S/c1-23-13-5-7-18-16(19-13)21-9-3-8-20(10-11-21)15(22)12-4-2-6-17-14(12)24/h2,4-7H,3,8-11H2,1H3,(H,17,24). The molecule has 0 atom stereocenters. The molecule has 1 amide bonds. The van der Waals surface area contributed by atoms with E-state index in [2.05, 4.69) is 19.9 Å². The van der Waals surface area contributed by atoms with Gasteiger partial charge in [0.1, 0.15) is 4.64 Å². The second-order valence-corrected chi connectivity index (χ2v) is 5.85. The number of rotatable bonds is 3. The van der Waals surface area contributed by atoms with Crippen LogP contribution >= 0.6 is 12.2 Å². The summed E-state index contributed by atoms with van der Waals surface area (Å²) in [5.74, 6) is 1.12. The molecule has 1 saturated heterocycles. The predicted molar refractivity (Wildman–Crippen MR) is 92.9 cm³/mol. The summed E-state index contributed by atoms with van der Waals surface area (Å²) in [4.78, 5) is 28.2. The van der Waals surface area contributed by atoms with Crippen molar-refractivity contribution in [2.24, 2.45) is 0 Å². The molecule has 2 aromatic rings. The Kier molecular flexibility index (Phi) is 5.05. The van der Waals surface area contributed by atoms with Crippen LogP contribution in [0.1, 0.15) is 16.8 Å². The molecule has 7 nitrogen and oxygen atoms in total. The van der Waals surface area contributed by atoms with E-state index in [9.17, 15) is 4.79 Å². The third-order valence-electron chi connectivity index (χ3n) is 3.94. The molecule has 3 heterocycles. The van der Waals surface area contributed by atoms with Crippen LogP contribution in [0.25, 0.3) is 0 Å². The van der Waals surface area contributed by atoms with Gasteiger partial charge in [-0.25, -0.2) is 4.98 Å². The van der Waals surface area contributed by atoms with Gasteiger partial charge in [-0.05, 0) is 18.6 Å². The molecule has 2 aromatic heterocycles. The van der Waals surface area contributed by atoms with Crippen molar-refractivity contribution in [2.75, 3.05) is 38.2 Å². The molecular weight excluding hydrogens is 326 g/mol. The van der Waals surface area contributed by atoms with E-state index in [4.69, 9.17) is 17.0 Å². The second kappa shape index (κ2) is 7.39. The molecule has 0 aromatic carbocycles. The summed E-state index contributed by atoms with van der Waals surface area (Å²) in [5.41, 5.74) is 0.540. The lowest BCUT2D eigenvalue weighted by atomic mass is 10.2. The van der Waals surface area contributed by atoms with Gasteiger partial charge in [0, 0.05) is 44.6 Å². The van der Waals surface area contributed by atoms with Crippen molar-refractivity contribution in [1.29, 1.82) is 0 Å². The van der Waals surface area contributed by atoms with Crippen LogP contribution in [0.3, 0.4) is 0 Å². The van der Waals surface area contributed by atoms with Gasteiger partial charge in [-0.15, -0.1) is 0 Å². The van der Waals surface area contributed by atoms with Crippen LogP contribution in [0.4, 0.5) is 5.95 Å². The maximum Gasteiger partial charge on any atom is 0.256 e. The number of aromatic nitrogens is 3. The molecule has 0 spiro atoms. The van der Waals surface area contributed by atoms with Gasteiger partial charge in [0.05, 0.1) is 12.7 Å². The van der Waals surface area contributed by atoms with E-state index in [1.54, 1.807) is 37.7 Å². The molecule has 0 saturated carbocycles. The van der Waals surface area contributed by atoms with Gasteiger partial charge in [0.15, 0.2) is 0 Å². The monoisotopic (exact) mass is 345 g/mol. The van der Waals surface area contributed by atoms with Crippen LogP contribution in [-0.2, 0) is 0 Å². The number of carbonyl (C=O) groups excluding carboxylic acids is 1. The van der Waals surface area contributed by atoms with Crippen LogP contribution in [0.2, 0.25) is 0 Å². The van der Waals surface area contributed by atoms with Gasteiger partial charge < -0.3 is 19.5 Å². The third kappa shape index (κ3) is 3.53. The van der Waals surface area contributed by atoms with Gasteiger partial charge in [-0.1, -0.05) is 12.2 Å². The highest BCUT2D eigenvalue weighted by Crippen LogP contribution is 2.16. The summed E-state index contributed by atoms with van der Waals surface area (Å²) in [6.45, 7) is 2.74. The molecule has 1 aliphatic heterocycles. The number of pyridine rings is 1. The van der Waals surface area contributed by atoms with Crippen molar-refractivity contribution >= 4 is 24.1 Å². The fourth-order valence-electron chi connectivity index (χ4n) is 2.68. The first-order valence-corrected chi connectivity index (χ1v) is 8.19. The minimum atomic E-state index is -0.0368. The minimum Gasteiger partial charge on any atom is -0.481 e. The number of hydrogen-bond donors (Lipinski definition) is 1. The van der Waals surface area contributed by atoms with E-state index < -0.39 is 0 Å². The first-order valence-electron chi connectivity index (χ1n) is 7.78. The highest BCUT2D eigenvalue weighted by atomic mass is 32.1. The maximum absolute atomic E-state index is 12.7. The SMILES string of the molecule is COc1ccnc(N2CCCN(C(=O)c3ccc[nH]c3=S)CC2)n1. The van der Waals surface area contributed by atoms with E-state index in [1.165, 1.54) is 0 Å². The lowest BCUT2D eigenvalue weighted by molar-refractivity contribution is 0.0766. The van der Waals surface area contributed by atoms with Crippen molar-refractivity contribution in [2.45, 2.75) is 6.42 Å². The number of carbonyl (C=O) groups is 1. The molecule has 1 aliphatic rings. The lowest BCUT2D eigenvalue weighted by Crippen LogP contribution is -2.35. The Morgan fingerprint density at radius 2 is 2.17 bits per heavy atom. The maximum atomic E-state index is 12.7. The normalized spacial score (nSPS) is 15.0. The third-order valence-corrected chi connectivity index (χ3v) is 4.28. The lowest BCUT2D eigenvalue weighted by Gasteiger charge is -2.22. The zero-order chi connectivity index (χ0) is 16.9. The fourth-order valence-corrected chi connectivity index (χ4v) is 2.90. The number of hydrogen-bond acceptors (Lipinski definition) is 6. The summed E-state index contributed by atoms with van der Waals surface area (Å²) >= 11 is 5.21. The van der Waals surface area contributed by atoms with Crippen molar-refractivity contribution in [1.82, 2.24) is 19.9 Å². The Balaban J connectivity index is 1.72. The first-order chi connectivity index (χ1) is 11.7. The summed E-state index contributed by atoms with van der Waals surface area (Å²) in [7, 11) is 1.58. The van der Waals surface area contributed by atoms with Crippen LogP contribution in [0.15, 0.2) is 30.6 Å². The zero-order valence-corrected chi connectivity index (χ0v) is 14.3. The van der Waals surface area contributed by atoms with Crippen LogP contribution in [-0.4, -0.2) is 59.0 Å². The Morgan fingerprint density at radius 3 is 2.96 bits per heavy atom. The second-order valence-electron chi connectivity index (χ2n) is 5.44. The molecule has 0 unspecified atom stereocenters. The molecule has 0 radical (unpaired) electrons. The summed E-state index contributed by atoms with van der Waals surface area (Å²) < 4.78 is 5.62. The molecule has 1 fully saturated rings. The average Bonchev–Trinajstić information content (AvgIpc) is 2.88. The average molecular weight is 345 g/mol. The number of H-pyrrole nitrogens is 1. The Bertz CT molecular complexity index is 779. The fraction of sp³-hybridized carbons (Fsp3) is 0.375. The number of anilines is 1. The molecule has 0 aliphatic carbocycles. The number of ether oxygens (including phenoxy) is 1. The molecular formula is C16H19N5O2S. The summed E-state index contributed by atoms with van der Waals surface area (Å²) in [5, 5.41) is 0. The van der Waals surface area contributed by atoms with Crippen LogP contribution < -0.4 is 9.64 Å². The highest BCUT2D eigenvalue weighted by molar-refractivity contribution is 7.71. The largest absolute Gasteiger partial charge is 0.481 e. The number of aromatic amines is 1. The first kappa shape index (κ1) is 16.4. The molecule has 3 rings (SSSR count). The van der Waals surface area contributed by atoms with Gasteiger partial charge >= 0.3 is 0 Å². The van der Waals surface area contributed by atoms with Gasteiger partial charge in [-0.3, -0.25) is 4.79 Å². The Labute approximate surface area is 145 Å². The molecule has 24 heavy (non-hydrogen) atoms. The van der Waals surface area contributed by atoms with Crippen molar-refractivity contribution < 1.29 is 9.53 Å². The minimum absolute atomic E-state index is 0.0368. The Morgan fingerprint density at radius 1 is 1.29 bits per heavy atom. The number of amides is 1. The molecule has 0 bridgehead atoms. The van der Waals surface area contributed by atoms with E-state index >= 15 is 0 Å². The number of nitrogens with zero attached hydrogens (tertiary/aromatic N) is 4. The van der Waals surface area contributed by atoms with Crippen molar-refractivity contribution in [3.63, 3.8) is 0 Å². The zero-order valence-electron chi connectivity index (χ0n) is 13.4. The van der Waals surface area contributed by atoms with E-state index in [-0.39, 0.29) is 5.91 Å². The Hall–Kier alpha value is -2.48. The van der Waals surface area contributed by atoms with Crippen molar-refractivity contribution in [3.05, 3.63) is 40.8 Å². The summed E-state index contributed by atoms with van der Waals surface area (Å²) in [6, 6.07) is 5.26. The predicted octanol–water partition coefficient (Wildman–Crippen LogP) is 1.90. The molecule has 1 N–H and O–H groups in total. The topological polar surface area (TPSA) is 74.3 Å².